The molecule has 1 aliphatic carbocycles. The van der Waals surface area contributed by atoms with E-state index >= 15 is 0 Å². The van der Waals surface area contributed by atoms with Crippen molar-refractivity contribution in [2.75, 3.05) is 7.11 Å². The number of halogens is 1. The highest BCUT2D eigenvalue weighted by Crippen LogP contribution is 2.37. The van der Waals surface area contributed by atoms with Crippen molar-refractivity contribution in [3.63, 3.8) is 0 Å². The second kappa shape index (κ2) is 5.55. The van der Waals surface area contributed by atoms with Gasteiger partial charge in [-0.25, -0.2) is 0 Å². The van der Waals surface area contributed by atoms with Crippen LogP contribution in [0.4, 0.5) is 0 Å². The minimum Gasteiger partial charge on any atom is -0.497 e. The van der Waals surface area contributed by atoms with Crippen LogP contribution in [0.1, 0.15) is 37.7 Å². The van der Waals surface area contributed by atoms with E-state index in [2.05, 4.69) is 0 Å². The second-order valence-corrected chi connectivity index (χ2v) is 4.32. The lowest BCUT2D eigenvalue weighted by atomic mass is 9.80. The molecule has 0 aromatic heterocycles. The van der Waals surface area contributed by atoms with E-state index in [1.807, 2.05) is 24.3 Å². The van der Waals surface area contributed by atoms with Crippen LogP contribution in [0.5, 0.6) is 5.75 Å². The quantitative estimate of drug-likeness (QED) is 0.863. The number of methoxy groups -OCH3 is 1. The highest BCUT2D eigenvalue weighted by atomic mass is 35.5. The molecule has 2 rings (SSSR count). The van der Waals surface area contributed by atoms with Crippen LogP contribution in [-0.2, 0) is 5.60 Å². The summed E-state index contributed by atoms with van der Waals surface area (Å²) in [5.41, 5.74) is 0.383. The molecule has 0 atom stereocenters. The van der Waals surface area contributed by atoms with Crippen molar-refractivity contribution >= 4 is 12.4 Å². The fraction of sp³-hybridized carbons (Fsp3) is 0.538. The molecule has 0 aliphatic heterocycles. The van der Waals surface area contributed by atoms with E-state index in [0.29, 0.717) is 0 Å². The molecular formula is C13H19ClO2. The number of ether oxygens (including phenoxy) is 1. The summed E-state index contributed by atoms with van der Waals surface area (Å²) in [4.78, 5) is 0. The number of hydrogen-bond donors (Lipinski definition) is 1. The molecule has 1 N–H and O–H groups in total. The van der Waals surface area contributed by atoms with Gasteiger partial charge in [-0.3, -0.25) is 0 Å². The van der Waals surface area contributed by atoms with E-state index in [1.54, 1.807) is 7.11 Å². The molecule has 2 nitrogen and oxygen atoms in total. The summed E-state index contributed by atoms with van der Waals surface area (Å²) < 4.78 is 5.18. The summed E-state index contributed by atoms with van der Waals surface area (Å²) in [6.45, 7) is 0. The lowest BCUT2D eigenvalue weighted by Crippen LogP contribution is -2.28. The summed E-state index contributed by atoms with van der Waals surface area (Å²) in [6, 6.07) is 7.80. The fourth-order valence-corrected chi connectivity index (χ4v) is 2.34. The van der Waals surface area contributed by atoms with Crippen molar-refractivity contribution in [3.05, 3.63) is 29.8 Å². The molecule has 0 amide bonds. The van der Waals surface area contributed by atoms with Crippen molar-refractivity contribution in [1.29, 1.82) is 0 Å². The molecule has 3 heteroatoms. The zero-order valence-corrected chi connectivity index (χ0v) is 10.4. The molecular weight excluding hydrogens is 224 g/mol. The van der Waals surface area contributed by atoms with Gasteiger partial charge in [0, 0.05) is 0 Å². The van der Waals surface area contributed by atoms with E-state index in [4.69, 9.17) is 4.74 Å². The van der Waals surface area contributed by atoms with Gasteiger partial charge in [-0.2, -0.15) is 0 Å². The minimum atomic E-state index is -0.618. The highest BCUT2D eigenvalue weighted by Gasteiger charge is 2.31. The van der Waals surface area contributed by atoms with Crippen molar-refractivity contribution in [3.8, 4) is 5.75 Å². The van der Waals surface area contributed by atoms with Crippen molar-refractivity contribution < 1.29 is 9.84 Å². The molecule has 1 saturated carbocycles. The Labute approximate surface area is 103 Å². The van der Waals surface area contributed by atoms with Gasteiger partial charge >= 0.3 is 0 Å². The third-order valence-electron chi connectivity index (χ3n) is 3.29. The van der Waals surface area contributed by atoms with Crippen LogP contribution in [0, 0.1) is 0 Å². The monoisotopic (exact) mass is 242 g/mol. The zero-order chi connectivity index (χ0) is 10.7. The van der Waals surface area contributed by atoms with E-state index in [-0.39, 0.29) is 12.4 Å². The maximum Gasteiger partial charge on any atom is 0.119 e. The molecule has 0 heterocycles. The summed E-state index contributed by atoms with van der Waals surface area (Å²) in [7, 11) is 1.66. The van der Waals surface area contributed by atoms with Crippen molar-refractivity contribution in [2.45, 2.75) is 37.7 Å². The van der Waals surface area contributed by atoms with Gasteiger partial charge in [0.2, 0.25) is 0 Å². The van der Waals surface area contributed by atoms with Crippen LogP contribution < -0.4 is 4.74 Å². The fourth-order valence-electron chi connectivity index (χ4n) is 2.34. The molecule has 1 aromatic rings. The number of benzene rings is 1. The number of aliphatic hydroxyl groups is 1. The maximum absolute atomic E-state index is 10.5. The first-order valence-electron chi connectivity index (χ1n) is 5.61. The Kier molecular flexibility index (Phi) is 4.63. The summed E-state index contributed by atoms with van der Waals surface area (Å²) >= 11 is 0. The maximum atomic E-state index is 10.5. The van der Waals surface area contributed by atoms with Crippen molar-refractivity contribution in [2.24, 2.45) is 0 Å². The average Bonchev–Trinajstić information content (AvgIpc) is 2.30. The van der Waals surface area contributed by atoms with Gasteiger partial charge < -0.3 is 9.84 Å². The zero-order valence-electron chi connectivity index (χ0n) is 9.61. The third kappa shape index (κ3) is 2.69. The largest absolute Gasteiger partial charge is 0.497 e. The van der Waals surface area contributed by atoms with E-state index in [0.717, 1.165) is 37.0 Å². The van der Waals surface area contributed by atoms with Gasteiger partial charge in [0.15, 0.2) is 0 Å². The van der Waals surface area contributed by atoms with Crippen LogP contribution in [0.3, 0.4) is 0 Å². The Morgan fingerprint density at radius 2 is 1.88 bits per heavy atom. The van der Waals surface area contributed by atoms with E-state index in [9.17, 15) is 5.11 Å². The Morgan fingerprint density at radius 1 is 1.19 bits per heavy atom. The molecule has 0 saturated heterocycles. The standard InChI is InChI=1S/C13H18O2.ClH/c1-15-12-7-5-6-11(10-12)13(14)8-3-2-4-9-13;/h5-7,10,14H,2-4,8-9H2,1H3;1H. The van der Waals surface area contributed by atoms with E-state index in [1.165, 1.54) is 6.42 Å². The lowest BCUT2D eigenvalue weighted by Gasteiger charge is -2.32. The minimum absolute atomic E-state index is 0. The molecule has 1 aliphatic rings. The Bertz CT molecular complexity index is 332. The van der Waals surface area contributed by atoms with Gasteiger partial charge in [-0.15, -0.1) is 12.4 Å². The molecule has 0 radical (unpaired) electrons. The summed E-state index contributed by atoms with van der Waals surface area (Å²) in [5.74, 6) is 0.825. The van der Waals surface area contributed by atoms with Crippen LogP contribution in [0.15, 0.2) is 24.3 Å². The second-order valence-electron chi connectivity index (χ2n) is 4.32. The van der Waals surface area contributed by atoms with Gasteiger partial charge in [-0.05, 0) is 30.5 Å². The number of hydrogen-bond acceptors (Lipinski definition) is 2. The Hall–Kier alpha value is -0.730. The van der Waals surface area contributed by atoms with E-state index < -0.39 is 5.60 Å². The molecule has 16 heavy (non-hydrogen) atoms. The predicted octanol–water partition coefficient (Wildman–Crippen LogP) is 3.27. The van der Waals surface area contributed by atoms with Crippen molar-refractivity contribution in [1.82, 2.24) is 0 Å². The Morgan fingerprint density at radius 3 is 2.50 bits per heavy atom. The van der Waals surface area contributed by atoms with Crippen LogP contribution in [-0.4, -0.2) is 12.2 Å². The molecule has 0 bridgehead atoms. The topological polar surface area (TPSA) is 29.5 Å². The average molecular weight is 243 g/mol. The SMILES string of the molecule is COc1cccc(C2(O)CCCCC2)c1.Cl. The molecule has 90 valence electrons. The normalized spacial score (nSPS) is 18.6. The Balaban J connectivity index is 0.00000128. The van der Waals surface area contributed by atoms with Crippen LogP contribution in [0.2, 0.25) is 0 Å². The molecule has 1 aromatic carbocycles. The smallest absolute Gasteiger partial charge is 0.119 e. The third-order valence-corrected chi connectivity index (χ3v) is 3.29. The molecule has 0 spiro atoms. The first-order valence-corrected chi connectivity index (χ1v) is 5.61. The first-order chi connectivity index (χ1) is 7.24. The highest BCUT2D eigenvalue weighted by molar-refractivity contribution is 5.85. The van der Waals surface area contributed by atoms with Gasteiger partial charge in [0.25, 0.3) is 0 Å². The van der Waals surface area contributed by atoms with Crippen LogP contribution in [0.25, 0.3) is 0 Å². The summed E-state index contributed by atoms with van der Waals surface area (Å²) in [6.07, 6.45) is 5.23. The number of rotatable bonds is 2. The predicted molar refractivity (Wildman–Crippen MR) is 67.2 cm³/mol. The van der Waals surface area contributed by atoms with Gasteiger partial charge in [0.1, 0.15) is 5.75 Å². The van der Waals surface area contributed by atoms with Crippen LogP contribution >= 0.6 is 12.4 Å². The summed E-state index contributed by atoms with van der Waals surface area (Å²) in [5, 5.41) is 10.5. The van der Waals surface area contributed by atoms with Gasteiger partial charge in [0.05, 0.1) is 12.7 Å². The lowest BCUT2D eigenvalue weighted by molar-refractivity contribution is -0.000788. The molecule has 1 fully saturated rings. The van der Waals surface area contributed by atoms with Gasteiger partial charge in [-0.1, -0.05) is 31.4 Å². The molecule has 0 unspecified atom stereocenters. The first kappa shape index (κ1) is 13.3.